The van der Waals surface area contributed by atoms with Crippen molar-refractivity contribution in [3.63, 3.8) is 0 Å². The van der Waals surface area contributed by atoms with Gasteiger partial charge in [-0.3, -0.25) is 9.69 Å². The highest BCUT2D eigenvalue weighted by Crippen LogP contribution is 2.42. The van der Waals surface area contributed by atoms with Gasteiger partial charge >= 0.3 is 5.97 Å². The number of aliphatic carboxylic acids is 1. The number of hydrogen-bond acceptors (Lipinski definition) is 4. The quantitative estimate of drug-likeness (QED) is 0.797. The summed E-state index contributed by atoms with van der Waals surface area (Å²) in [4.78, 5) is 13.4. The van der Waals surface area contributed by atoms with E-state index in [1.165, 1.54) is 5.56 Å². The minimum absolute atomic E-state index is 0. The molecule has 0 spiro atoms. The van der Waals surface area contributed by atoms with Crippen molar-refractivity contribution in [1.82, 2.24) is 4.90 Å². The number of hydrogen-bond donors (Lipinski definition) is 1. The number of carbonyl (C=O) groups is 1. The lowest BCUT2D eigenvalue weighted by Gasteiger charge is -2.28. The number of halogens is 1. The normalized spacial score (nSPS) is 15.3. The van der Waals surface area contributed by atoms with Gasteiger partial charge in [-0.15, -0.1) is 12.4 Å². The first-order chi connectivity index (χ1) is 12.1. The molecule has 0 radical (unpaired) electrons. The lowest BCUT2D eigenvalue weighted by Crippen LogP contribution is -2.32. The van der Waals surface area contributed by atoms with Crippen molar-refractivity contribution in [3.05, 3.63) is 59.2 Å². The molecule has 0 amide bonds. The lowest BCUT2D eigenvalue weighted by atomic mass is 10.0. The van der Waals surface area contributed by atoms with Crippen LogP contribution in [0.4, 0.5) is 0 Å². The topological polar surface area (TPSA) is 59.0 Å². The molecule has 0 aliphatic heterocycles. The van der Waals surface area contributed by atoms with Crippen molar-refractivity contribution >= 4 is 18.4 Å². The summed E-state index contributed by atoms with van der Waals surface area (Å²) in [6.45, 7) is 0.610. The Hall–Kier alpha value is -2.24. The fourth-order valence-corrected chi connectivity index (χ4v) is 3.56. The van der Waals surface area contributed by atoms with E-state index in [1.807, 2.05) is 47.4 Å². The number of benzene rings is 2. The zero-order valence-electron chi connectivity index (χ0n) is 15.0. The maximum atomic E-state index is 11.4. The molecule has 3 rings (SSSR count). The van der Waals surface area contributed by atoms with Crippen LogP contribution in [0.3, 0.4) is 0 Å². The molecule has 1 atom stereocenters. The number of nitrogens with zero attached hydrogens (tertiary/aromatic N) is 1. The molecule has 5 nitrogen and oxygen atoms in total. The molecular formula is C20H24ClNO4. The molecular weight excluding hydrogens is 354 g/mol. The highest BCUT2D eigenvalue weighted by Gasteiger charge is 2.30. The van der Waals surface area contributed by atoms with Gasteiger partial charge in [-0.1, -0.05) is 30.3 Å². The summed E-state index contributed by atoms with van der Waals surface area (Å²) >= 11 is 0. The average Bonchev–Trinajstić information content (AvgIpc) is 3.03. The summed E-state index contributed by atoms with van der Waals surface area (Å²) in [5, 5.41) is 9.37. The first-order valence-corrected chi connectivity index (χ1v) is 8.37. The molecule has 0 saturated carbocycles. The number of fused-ring (bicyclic) bond motifs is 1. The van der Waals surface area contributed by atoms with E-state index in [4.69, 9.17) is 9.47 Å². The molecule has 1 unspecified atom stereocenters. The monoisotopic (exact) mass is 377 g/mol. The summed E-state index contributed by atoms with van der Waals surface area (Å²) in [5.41, 5.74) is 3.44. The molecule has 1 aliphatic carbocycles. The van der Waals surface area contributed by atoms with E-state index >= 15 is 0 Å². The molecule has 1 aliphatic rings. The lowest BCUT2D eigenvalue weighted by molar-refractivity contribution is -0.139. The third-order valence-electron chi connectivity index (χ3n) is 4.70. The van der Waals surface area contributed by atoms with Gasteiger partial charge in [0.1, 0.15) is 0 Å². The van der Waals surface area contributed by atoms with Gasteiger partial charge in [0.15, 0.2) is 11.5 Å². The standard InChI is InChI=1S/C20H23NO4.ClH/c1-24-18-10-15-8-9-17(16(15)11-19(18)25-2)21(13-20(22)23)12-14-6-4-3-5-7-14;/h3-7,10-11,17H,8-9,12-13H2,1-2H3,(H,22,23);1H. The van der Waals surface area contributed by atoms with Gasteiger partial charge < -0.3 is 14.6 Å². The van der Waals surface area contributed by atoms with Gasteiger partial charge in [0.2, 0.25) is 0 Å². The third-order valence-corrected chi connectivity index (χ3v) is 4.70. The Morgan fingerprint density at radius 3 is 2.42 bits per heavy atom. The van der Waals surface area contributed by atoms with Crippen LogP contribution in [0, 0.1) is 0 Å². The summed E-state index contributed by atoms with van der Waals surface area (Å²) in [6.07, 6.45) is 1.80. The van der Waals surface area contributed by atoms with Crippen LogP contribution in [-0.2, 0) is 17.8 Å². The zero-order chi connectivity index (χ0) is 17.8. The van der Waals surface area contributed by atoms with Crippen LogP contribution < -0.4 is 9.47 Å². The van der Waals surface area contributed by atoms with E-state index in [0.717, 1.165) is 29.7 Å². The molecule has 2 aromatic carbocycles. The summed E-state index contributed by atoms with van der Waals surface area (Å²) in [6, 6.07) is 14.0. The molecule has 0 bridgehead atoms. The van der Waals surface area contributed by atoms with Gasteiger partial charge in [-0.2, -0.15) is 0 Å². The number of carboxylic acids is 1. The molecule has 1 N–H and O–H groups in total. The zero-order valence-corrected chi connectivity index (χ0v) is 15.8. The van der Waals surface area contributed by atoms with E-state index in [1.54, 1.807) is 14.2 Å². The Morgan fingerprint density at radius 1 is 1.15 bits per heavy atom. The van der Waals surface area contributed by atoms with E-state index in [2.05, 4.69) is 0 Å². The van der Waals surface area contributed by atoms with Gasteiger partial charge in [0.05, 0.1) is 20.8 Å². The van der Waals surface area contributed by atoms with Crippen molar-refractivity contribution in [1.29, 1.82) is 0 Å². The molecule has 6 heteroatoms. The predicted molar refractivity (Wildman–Crippen MR) is 102 cm³/mol. The Bertz CT molecular complexity index is 751. The largest absolute Gasteiger partial charge is 0.493 e. The maximum absolute atomic E-state index is 11.4. The fourth-order valence-electron chi connectivity index (χ4n) is 3.56. The first-order valence-electron chi connectivity index (χ1n) is 8.37. The minimum atomic E-state index is -0.815. The van der Waals surface area contributed by atoms with Crippen molar-refractivity contribution in [2.75, 3.05) is 20.8 Å². The van der Waals surface area contributed by atoms with Gasteiger partial charge in [0, 0.05) is 12.6 Å². The molecule has 0 fully saturated rings. The predicted octanol–water partition coefficient (Wildman–Crippen LogP) is 3.70. The maximum Gasteiger partial charge on any atom is 0.317 e. The second-order valence-corrected chi connectivity index (χ2v) is 6.24. The number of carboxylic acid groups (broad SMARTS) is 1. The number of ether oxygens (including phenoxy) is 2. The van der Waals surface area contributed by atoms with Crippen LogP contribution in [0.25, 0.3) is 0 Å². The number of methoxy groups -OCH3 is 2. The van der Waals surface area contributed by atoms with E-state index in [0.29, 0.717) is 12.3 Å². The van der Waals surface area contributed by atoms with E-state index in [9.17, 15) is 9.90 Å². The molecule has 2 aromatic rings. The van der Waals surface area contributed by atoms with Crippen molar-refractivity contribution in [3.8, 4) is 11.5 Å². The van der Waals surface area contributed by atoms with Gasteiger partial charge in [-0.25, -0.2) is 0 Å². The highest BCUT2D eigenvalue weighted by molar-refractivity contribution is 5.85. The van der Waals surface area contributed by atoms with Crippen LogP contribution in [-0.4, -0.2) is 36.7 Å². The van der Waals surface area contributed by atoms with Crippen LogP contribution >= 0.6 is 12.4 Å². The SMILES string of the molecule is COc1cc2c(cc1OC)C(N(CC(=O)O)Cc1ccccc1)CC2.Cl. The van der Waals surface area contributed by atoms with Gasteiger partial charge in [-0.05, 0) is 41.7 Å². The second-order valence-electron chi connectivity index (χ2n) is 6.24. The van der Waals surface area contributed by atoms with Crippen LogP contribution in [0.5, 0.6) is 11.5 Å². The summed E-state index contributed by atoms with van der Waals surface area (Å²) < 4.78 is 10.8. The Labute approximate surface area is 159 Å². The average molecular weight is 378 g/mol. The van der Waals surface area contributed by atoms with Crippen molar-refractivity contribution in [2.24, 2.45) is 0 Å². The third kappa shape index (κ3) is 4.29. The van der Waals surface area contributed by atoms with Crippen molar-refractivity contribution in [2.45, 2.75) is 25.4 Å². The van der Waals surface area contributed by atoms with Crippen LogP contribution in [0.2, 0.25) is 0 Å². The second kappa shape index (κ2) is 8.92. The molecule has 0 saturated heterocycles. The fraction of sp³-hybridized carbons (Fsp3) is 0.350. The van der Waals surface area contributed by atoms with Crippen LogP contribution in [0.15, 0.2) is 42.5 Å². The highest BCUT2D eigenvalue weighted by atomic mass is 35.5. The smallest absolute Gasteiger partial charge is 0.317 e. The Kier molecular flexibility index (Phi) is 6.89. The molecule has 140 valence electrons. The minimum Gasteiger partial charge on any atom is -0.493 e. The number of aryl methyl sites for hydroxylation is 1. The van der Waals surface area contributed by atoms with Gasteiger partial charge in [0.25, 0.3) is 0 Å². The molecule has 0 aromatic heterocycles. The van der Waals surface area contributed by atoms with Crippen LogP contribution in [0.1, 0.15) is 29.2 Å². The Morgan fingerprint density at radius 2 is 1.81 bits per heavy atom. The summed E-state index contributed by atoms with van der Waals surface area (Å²) in [5.74, 6) is 0.586. The van der Waals surface area contributed by atoms with E-state index in [-0.39, 0.29) is 25.0 Å². The molecule has 26 heavy (non-hydrogen) atoms. The molecule has 0 heterocycles. The first kappa shape index (κ1) is 20.1. The summed E-state index contributed by atoms with van der Waals surface area (Å²) in [7, 11) is 3.25. The van der Waals surface area contributed by atoms with E-state index < -0.39 is 5.97 Å². The van der Waals surface area contributed by atoms with Crippen molar-refractivity contribution < 1.29 is 19.4 Å². The number of rotatable bonds is 7. The Balaban J connectivity index is 0.00000243.